The van der Waals surface area contributed by atoms with Crippen LogP contribution in [-0.2, 0) is 6.18 Å². The third-order valence-electron chi connectivity index (χ3n) is 5.28. The molecule has 0 amide bonds. The van der Waals surface area contributed by atoms with E-state index in [0.717, 1.165) is 18.2 Å². The highest BCUT2D eigenvalue weighted by Gasteiger charge is 2.35. The fourth-order valence-electron chi connectivity index (χ4n) is 3.21. The first-order valence-electron chi connectivity index (χ1n) is 10.4. The van der Waals surface area contributed by atoms with E-state index in [4.69, 9.17) is 0 Å². The zero-order valence-electron chi connectivity index (χ0n) is 18.1. The number of anilines is 4. The van der Waals surface area contributed by atoms with E-state index in [0.29, 0.717) is 17.3 Å². The van der Waals surface area contributed by atoms with E-state index < -0.39 is 11.7 Å². The topological polar surface area (TPSA) is 49.8 Å². The lowest BCUT2D eigenvalue weighted by Crippen LogP contribution is -2.13. The predicted octanol–water partition coefficient (Wildman–Crippen LogP) is 7.62. The van der Waals surface area contributed by atoms with Crippen molar-refractivity contribution < 1.29 is 13.2 Å². The molecule has 0 bridgehead atoms. The van der Waals surface area contributed by atoms with Crippen molar-refractivity contribution in [3.05, 3.63) is 71.4 Å². The molecule has 0 aliphatic heterocycles. The minimum Gasteiger partial charge on any atom is -0.339 e. The molecule has 0 radical (unpaired) electrons. The van der Waals surface area contributed by atoms with Gasteiger partial charge in [-0.15, -0.1) is 0 Å². The van der Waals surface area contributed by atoms with Crippen molar-refractivity contribution in [3.8, 4) is 0 Å². The summed E-state index contributed by atoms with van der Waals surface area (Å²) in [6.07, 6.45) is -2.90. The quantitative estimate of drug-likeness (QED) is 0.406. The number of hydrogen-bond donors (Lipinski definition) is 2. The number of halogens is 3. The highest BCUT2D eigenvalue weighted by atomic mass is 19.4. The van der Waals surface area contributed by atoms with Crippen LogP contribution in [0.2, 0.25) is 0 Å². The third kappa shape index (κ3) is 5.54. The van der Waals surface area contributed by atoms with Crippen LogP contribution in [0.5, 0.6) is 0 Å². The maximum absolute atomic E-state index is 13.6. The van der Waals surface area contributed by atoms with Crippen LogP contribution in [-0.4, -0.2) is 9.97 Å². The summed E-state index contributed by atoms with van der Waals surface area (Å²) < 4.78 is 40.8. The van der Waals surface area contributed by atoms with Crippen LogP contribution in [0.25, 0.3) is 0 Å². The Morgan fingerprint density at radius 3 is 2.23 bits per heavy atom. The van der Waals surface area contributed by atoms with E-state index in [2.05, 4.69) is 34.4 Å². The number of benzene rings is 2. The summed E-state index contributed by atoms with van der Waals surface area (Å²) in [5, 5.41) is 5.90. The van der Waals surface area contributed by atoms with E-state index >= 15 is 0 Å². The number of rotatable bonds is 7. The van der Waals surface area contributed by atoms with Gasteiger partial charge in [0.05, 0.1) is 0 Å². The fraction of sp³-hybridized carbons (Fsp3) is 0.333. The Morgan fingerprint density at radius 2 is 1.61 bits per heavy atom. The van der Waals surface area contributed by atoms with Crippen LogP contribution in [0.15, 0.2) is 54.7 Å². The molecule has 3 rings (SSSR count). The summed E-state index contributed by atoms with van der Waals surface area (Å²) in [6.45, 7) is 8.27. The summed E-state index contributed by atoms with van der Waals surface area (Å²) >= 11 is 0. The minimum absolute atomic E-state index is 0.0915. The Balaban J connectivity index is 1.95. The fourth-order valence-corrected chi connectivity index (χ4v) is 3.21. The van der Waals surface area contributed by atoms with Crippen LogP contribution < -0.4 is 10.6 Å². The average molecular weight is 429 g/mol. The maximum atomic E-state index is 13.6. The van der Waals surface area contributed by atoms with Gasteiger partial charge in [-0.25, -0.2) is 4.98 Å². The zero-order chi connectivity index (χ0) is 22.6. The number of para-hydroxylation sites is 1. The molecule has 1 aromatic heterocycles. The lowest BCUT2D eigenvalue weighted by atomic mass is 9.97. The van der Waals surface area contributed by atoms with Gasteiger partial charge in [0.1, 0.15) is 11.4 Å². The van der Waals surface area contributed by atoms with Gasteiger partial charge in [0.25, 0.3) is 0 Å². The van der Waals surface area contributed by atoms with Crippen LogP contribution in [0, 0.1) is 0 Å². The normalized spacial score (nSPS) is 12.6. The van der Waals surface area contributed by atoms with Crippen molar-refractivity contribution in [3.63, 3.8) is 0 Å². The summed E-state index contributed by atoms with van der Waals surface area (Å²) in [7, 11) is 0. The highest BCUT2D eigenvalue weighted by molar-refractivity contribution is 5.66. The Hall–Kier alpha value is -3.09. The molecule has 4 nitrogen and oxygen atoms in total. The van der Waals surface area contributed by atoms with Gasteiger partial charge < -0.3 is 10.6 Å². The number of nitrogens with one attached hydrogen (secondary N) is 2. The van der Waals surface area contributed by atoms with Crippen molar-refractivity contribution >= 4 is 23.1 Å². The predicted molar refractivity (Wildman–Crippen MR) is 119 cm³/mol. The van der Waals surface area contributed by atoms with E-state index in [9.17, 15) is 13.2 Å². The van der Waals surface area contributed by atoms with Crippen LogP contribution in [0.1, 0.15) is 62.6 Å². The molecule has 7 heteroatoms. The molecule has 0 spiro atoms. The maximum Gasteiger partial charge on any atom is 0.421 e. The van der Waals surface area contributed by atoms with Gasteiger partial charge in [-0.2, -0.15) is 18.2 Å². The standard InChI is InChI=1S/C24H27F3N4/c1-5-16(4)19-8-6-7-9-21(19)30-22-20(24(25,26)27)14-28-23(31-22)29-18-12-10-17(11-13-18)15(2)3/h6-16H,5H2,1-4H3,(H2,28,29,30,31). The van der Waals surface area contributed by atoms with Gasteiger partial charge in [0.15, 0.2) is 0 Å². The molecule has 0 fully saturated rings. The number of nitrogens with zero attached hydrogens (tertiary/aromatic N) is 2. The number of hydrogen-bond acceptors (Lipinski definition) is 4. The molecule has 0 aliphatic rings. The summed E-state index contributed by atoms with van der Waals surface area (Å²) in [5.41, 5.74) is 2.51. The van der Waals surface area contributed by atoms with Crippen molar-refractivity contribution in [1.29, 1.82) is 0 Å². The third-order valence-corrected chi connectivity index (χ3v) is 5.28. The van der Waals surface area contributed by atoms with Crippen molar-refractivity contribution in [1.82, 2.24) is 9.97 Å². The van der Waals surface area contributed by atoms with Crippen LogP contribution >= 0.6 is 0 Å². The van der Waals surface area contributed by atoms with Gasteiger partial charge in [0, 0.05) is 17.6 Å². The molecule has 1 unspecified atom stereocenters. The largest absolute Gasteiger partial charge is 0.421 e. The molecule has 0 saturated heterocycles. The number of aromatic nitrogens is 2. The van der Waals surface area contributed by atoms with E-state index in [1.807, 2.05) is 50.2 Å². The van der Waals surface area contributed by atoms with Gasteiger partial charge in [-0.05, 0) is 47.6 Å². The monoisotopic (exact) mass is 428 g/mol. The van der Waals surface area contributed by atoms with Gasteiger partial charge in [-0.3, -0.25) is 0 Å². The van der Waals surface area contributed by atoms with Crippen molar-refractivity contribution in [2.45, 2.75) is 52.1 Å². The summed E-state index contributed by atoms with van der Waals surface area (Å²) in [4.78, 5) is 8.05. The Kier molecular flexibility index (Phi) is 6.83. The number of alkyl halides is 3. The van der Waals surface area contributed by atoms with Crippen molar-refractivity contribution in [2.24, 2.45) is 0 Å². The molecular formula is C24H27F3N4. The molecule has 3 aromatic rings. The SMILES string of the molecule is CCC(C)c1ccccc1Nc1nc(Nc2ccc(C(C)C)cc2)ncc1C(F)(F)F. The first-order valence-corrected chi connectivity index (χ1v) is 10.4. The first kappa shape index (κ1) is 22.6. The lowest BCUT2D eigenvalue weighted by molar-refractivity contribution is -0.137. The first-order chi connectivity index (χ1) is 14.7. The molecule has 2 N–H and O–H groups in total. The van der Waals surface area contributed by atoms with E-state index in [-0.39, 0.29) is 17.7 Å². The average Bonchev–Trinajstić information content (AvgIpc) is 2.73. The molecular weight excluding hydrogens is 401 g/mol. The van der Waals surface area contributed by atoms with E-state index in [1.165, 1.54) is 5.56 Å². The second-order valence-corrected chi connectivity index (χ2v) is 7.88. The Morgan fingerprint density at radius 1 is 0.935 bits per heavy atom. The van der Waals surface area contributed by atoms with Crippen LogP contribution in [0.3, 0.4) is 0 Å². The molecule has 0 saturated carbocycles. The Labute approximate surface area is 181 Å². The second kappa shape index (κ2) is 9.37. The van der Waals surface area contributed by atoms with Gasteiger partial charge in [0.2, 0.25) is 5.95 Å². The summed E-state index contributed by atoms with van der Waals surface area (Å²) in [6, 6.07) is 15.0. The molecule has 1 heterocycles. The minimum atomic E-state index is -4.58. The lowest BCUT2D eigenvalue weighted by Gasteiger charge is -2.19. The van der Waals surface area contributed by atoms with Crippen LogP contribution in [0.4, 0.5) is 36.3 Å². The molecule has 0 aliphatic carbocycles. The molecule has 2 aromatic carbocycles. The van der Waals surface area contributed by atoms with Gasteiger partial charge in [-0.1, -0.05) is 58.0 Å². The summed E-state index contributed by atoms with van der Waals surface area (Å²) in [5.74, 6) is 0.392. The Bertz CT molecular complexity index is 1010. The molecule has 164 valence electrons. The van der Waals surface area contributed by atoms with Crippen molar-refractivity contribution in [2.75, 3.05) is 10.6 Å². The van der Waals surface area contributed by atoms with Gasteiger partial charge >= 0.3 is 6.18 Å². The highest BCUT2D eigenvalue weighted by Crippen LogP contribution is 2.37. The van der Waals surface area contributed by atoms with E-state index in [1.54, 1.807) is 12.1 Å². The second-order valence-electron chi connectivity index (χ2n) is 7.88. The smallest absolute Gasteiger partial charge is 0.339 e. The molecule has 1 atom stereocenters. The zero-order valence-corrected chi connectivity index (χ0v) is 18.1. The molecule has 31 heavy (non-hydrogen) atoms.